The van der Waals surface area contributed by atoms with E-state index in [4.69, 9.17) is 11.6 Å². The molecule has 0 aliphatic rings. The fraction of sp³-hybridized carbons (Fsp3) is 0.300. The van der Waals surface area contributed by atoms with Crippen molar-refractivity contribution in [3.05, 3.63) is 32.7 Å². The molecule has 1 N–H and O–H groups in total. The second kappa shape index (κ2) is 4.81. The van der Waals surface area contributed by atoms with Gasteiger partial charge in [-0.3, -0.25) is 10.1 Å². The minimum atomic E-state index is -0.556. The largest absolute Gasteiger partial charge is 0.357 e. The Kier molecular flexibility index (Phi) is 3.34. The minimum Gasteiger partial charge on any atom is -0.357 e. The van der Waals surface area contributed by atoms with Gasteiger partial charge in [-0.2, -0.15) is 10.1 Å². The molecular formula is C10H11ClN6O2. The summed E-state index contributed by atoms with van der Waals surface area (Å²) >= 11 is 6.04. The van der Waals surface area contributed by atoms with Crippen molar-refractivity contribution in [2.24, 2.45) is 0 Å². The molecule has 0 radical (unpaired) electrons. The van der Waals surface area contributed by atoms with Gasteiger partial charge in [0, 0.05) is 7.05 Å². The summed E-state index contributed by atoms with van der Waals surface area (Å²) in [5.74, 6) is 0.348. The van der Waals surface area contributed by atoms with Gasteiger partial charge in [-0.25, -0.2) is 9.67 Å². The second-order valence-corrected chi connectivity index (χ2v) is 4.18. The average molecular weight is 283 g/mol. The van der Waals surface area contributed by atoms with Crippen LogP contribution in [0.3, 0.4) is 0 Å². The minimum absolute atomic E-state index is 0.0804. The summed E-state index contributed by atoms with van der Waals surface area (Å²) in [5.41, 5.74) is 0.933. The Hall–Kier alpha value is -2.22. The number of anilines is 1. The van der Waals surface area contributed by atoms with Gasteiger partial charge in [-0.05, 0) is 13.8 Å². The summed E-state index contributed by atoms with van der Waals surface area (Å²) in [6.45, 7) is 3.44. The molecule has 2 rings (SSSR count). The number of aryl methyl sites for hydroxylation is 1. The van der Waals surface area contributed by atoms with E-state index in [0.29, 0.717) is 16.4 Å². The summed E-state index contributed by atoms with van der Waals surface area (Å²) in [7, 11) is 1.62. The summed E-state index contributed by atoms with van der Waals surface area (Å²) in [6, 6.07) is 0. The Morgan fingerprint density at radius 2 is 2.16 bits per heavy atom. The Morgan fingerprint density at radius 1 is 1.47 bits per heavy atom. The van der Waals surface area contributed by atoms with Crippen LogP contribution in [-0.4, -0.2) is 31.7 Å². The number of rotatable bonds is 3. The maximum Gasteiger partial charge on any atom is 0.332 e. The average Bonchev–Trinajstić information content (AvgIpc) is 2.65. The smallest absolute Gasteiger partial charge is 0.332 e. The first kappa shape index (κ1) is 13.2. The topological polar surface area (TPSA) is 98.8 Å². The molecule has 0 unspecified atom stereocenters. The van der Waals surface area contributed by atoms with Crippen molar-refractivity contribution in [1.82, 2.24) is 19.7 Å². The number of nitrogens with one attached hydrogen (secondary N) is 1. The molecule has 2 aromatic heterocycles. The molecule has 0 bridgehead atoms. The van der Waals surface area contributed by atoms with Gasteiger partial charge in [0.25, 0.3) is 0 Å². The highest BCUT2D eigenvalue weighted by atomic mass is 35.5. The van der Waals surface area contributed by atoms with Crippen LogP contribution in [0.2, 0.25) is 5.02 Å². The Morgan fingerprint density at radius 3 is 2.63 bits per heavy atom. The van der Waals surface area contributed by atoms with Crippen molar-refractivity contribution >= 4 is 23.2 Å². The van der Waals surface area contributed by atoms with Crippen LogP contribution in [0.5, 0.6) is 0 Å². The van der Waals surface area contributed by atoms with Crippen LogP contribution in [0.4, 0.5) is 11.6 Å². The van der Waals surface area contributed by atoms with E-state index in [1.165, 1.54) is 4.68 Å². The lowest BCUT2D eigenvalue weighted by Gasteiger charge is -2.06. The molecule has 0 saturated carbocycles. The fourth-order valence-corrected chi connectivity index (χ4v) is 1.72. The van der Waals surface area contributed by atoms with Gasteiger partial charge in [-0.15, -0.1) is 0 Å². The molecule has 2 aromatic rings. The zero-order valence-electron chi connectivity index (χ0n) is 10.5. The van der Waals surface area contributed by atoms with Crippen molar-refractivity contribution in [2.45, 2.75) is 13.8 Å². The summed E-state index contributed by atoms with van der Waals surface area (Å²) in [6.07, 6.45) is 1.14. The summed E-state index contributed by atoms with van der Waals surface area (Å²) in [4.78, 5) is 18.4. The first-order chi connectivity index (χ1) is 8.95. The maximum absolute atomic E-state index is 11.0. The van der Waals surface area contributed by atoms with Gasteiger partial charge in [0.1, 0.15) is 6.20 Å². The fourth-order valence-electron chi connectivity index (χ4n) is 1.60. The van der Waals surface area contributed by atoms with E-state index < -0.39 is 4.92 Å². The number of nitro groups is 1. The SMILES string of the molecule is CNc1ncc([N+](=O)[O-])c(-n2nc(C)c(Cl)c2C)n1. The molecule has 100 valence electrons. The van der Waals surface area contributed by atoms with E-state index in [1.807, 2.05) is 0 Å². The molecule has 0 saturated heterocycles. The number of nitrogens with zero attached hydrogens (tertiary/aromatic N) is 5. The molecule has 0 spiro atoms. The van der Waals surface area contributed by atoms with Crippen LogP contribution in [0.1, 0.15) is 11.4 Å². The van der Waals surface area contributed by atoms with Gasteiger partial charge >= 0.3 is 5.69 Å². The quantitative estimate of drug-likeness (QED) is 0.681. The van der Waals surface area contributed by atoms with Crippen molar-refractivity contribution < 1.29 is 4.92 Å². The molecule has 19 heavy (non-hydrogen) atoms. The molecule has 0 aliphatic heterocycles. The third kappa shape index (κ3) is 2.22. The van der Waals surface area contributed by atoms with Crippen molar-refractivity contribution in [3.8, 4) is 5.82 Å². The number of aromatic nitrogens is 4. The highest BCUT2D eigenvalue weighted by Gasteiger charge is 2.22. The van der Waals surface area contributed by atoms with Gasteiger partial charge in [0.05, 0.1) is 21.3 Å². The van der Waals surface area contributed by atoms with E-state index >= 15 is 0 Å². The first-order valence-electron chi connectivity index (χ1n) is 5.37. The molecular weight excluding hydrogens is 272 g/mol. The molecule has 9 heteroatoms. The lowest BCUT2D eigenvalue weighted by Crippen LogP contribution is -2.09. The maximum atomic E-state index is 11.0. The zero-order valence-corrected chi connectivity index (χ0v) is 11.3. The standard InChI is InChI=1S/C10H11ClN6O2/c1-5-8(11)6(2)16(15-5)9-7(17(18)19)4-13-10(12-3)14-9/h4H,1-3H3,(H,12,13,14). The van der Waals surface area contributed by atoms with Gasteiger partial charge in [0.2, 0.25) is 11.8 Å². The number of hydrogen-bond donors (Lipinski definition) is 1. The van der Waals surface area contributed by atoms with Crippen LogP contribution in [-0.2, 0) is 0 Å². The van der Waals surface area contributed by atoms with E-state index in [9.17, 15) is 10.1 Å². The monoisotopic (exact) mass is 282 g/mol. The molecule has 2 heterocycles. The lowest BCUT2D eigenvalue weighted by molar-refractivity contribution is -0.385. The molecule has 0 atom stereocenters. The third-order valence-corrected chi connectivity index (χ3v) is 3.12. The Labute approximate surface area is 113 Å². The van der Waals surface area contributed by atoms with Gasteiger partial charge in [-0.1, -0.05) is 11.6 Å². The Balaban J connectivity index is 2.71. The first-order valence-corrected chi connectivity index (χ1v) is 5.74. The van der Waals surface area contributed by atoms with E-state index in [-0.39, 0.29) is 17.5 Å². The van der Waals surface area contributed by atoms with Crippen molar-refractivity contribution in [3.63, 3.8) is 0 Å². The highest BCUT2D eigenvalue weighted by molar-refractivity contribution is 6.31. The number of halogens is 1. The number of hydrogen-bond acceptors (Lipinski definition) is 6. The predicted octanol–water partition coefficient (Wildman–Crippen LogP) is 1.88. The third-order valence-electron chi connectivity index (χ3n) is 2.57. The van der Waals surface area contributed by atoms with Crippen molar-refractivity contribution in [1.29, 1.82) is 0 Å². The Bertz CT molecular complexity index is 654. The predicted molar refractivity (Wildman–Crippen MR) is 69.8 cm³/mol. The normalized spacial score (nSPS) is 10.5. The molecule has 0 aromatic carbocycles. The highest BCUT2D eigenvalue weighted by Crippen LogP contribution is 2.26. The van der Waals surface area contributed by atoms with Gasteiger partial charge in [0.15, 0.2) is 0 Å². The second-order valence-electron chi connectivity index (χ2n) is 3.81. The molecule has 0 fully saturated rings. The summed E-state index contributed by atoms with van der Waals surface area (Å²) < 4.78 is 1.35. The molecule has 0 amide bonds. The van der Waals surface area contributed by atoms with Crippen molar-refractivity contribution in [2.75, 3.05) is 12.4 Å². The lowest BCUT2D eigenvalue weighted by atomic mass is 10.4. The molecule has 0 aliphatic carbocycles. The van der Waals surface area contributed by atoms with Crippen LogP contribution in [0, 0.1) is 24.0 Å². The van der Waals surface area contributed by atoms with E-state index in [0.717, 1.165) is 6.20 Å². The summed E-state index contributed by atoms with van der Waals surface area (Å²) in [5, 5.41) is 18.4. The van der Waals surface area contributed by atoms with E-state index in [2.05, 4.69) is 20.4 Å². The van der Waals surface area contributed by atoms with Crippen LogP contribution < -0.4 is 5.32 Å². The van der Waals surface area contributed by atoms with E-state index in [1.54, 1.807) is 20.9 Å². The molecule has 8 nitrogen and oxygen atoms in total. The van der Waals surface area contributed by atoms with Crippen LogP contribution in [0.15, 0.2) is 6.20 Å². The zero-order chi connectivity index (χ0) is 14.2. The van der Waals surface area contributed by atoms with Crippen LogP contribution in [0.25, 0.3) is 5.82 Å². The van der Waals surface area contributed by atoms with Gasteiger partial charge < -0.3 is 5.32 Å². The van der Waals surface area contributed by atoms with Crippen LogP contribution >= 0.6 is 11.6 Å².